The molecule has 0 heterocycles. The number of ether oxygens (including phenoxy) is 1. The molecule has 1 rings (SSSR count). The van der Waals surface area contributed by atoms with Crippen LogP contribution in [-0.4, -0.2) is 37.7 Å². The predicted octanol–water partition coefficient (Wildman–Crippen LogP) is 3.38. The van der Waals surface area contributed by atoms with E-state index >= 15 is 0 Å². The lowest BCUT2D eigenvalue weighted by Gasteiger charge is -2.31. The van der Waals surface area contributed by atoms with Gasteiger partial charge in [-0.25, -0.2) is 0 Å². The van der Waals surface area contributed by atoms with Gasteiger partial charge in [-0.3, -0.25) is 0 Å². The minimum Gasteiger partial charge on any atom is -0.494 e. The molecule has 21 heavy (non-hydrogen) atoms. The molecule has 0 saturated heterocycles. The molecule has 0 fully saturated rings. The summed E-state index contributed by atoms with van der Waals surface area (Å²) in [5.74, 6) is 0.984. The standard InChI is InChI=1S/C18H32N2O/c1-6-20(14-18(4,5)13-19)8-7-9-21-17-11-15(2)10-16(3)12-17/h10-12H,6-9,13-14,19H2,1-5H3. The topological polar surface area (TPSA) is 38.5 Å². The first-order valence-corrected chi connectivity index (χ1v) is 8.00. The summed E-state index contributed by atoms with van der Waals surface area (Å²) in [5.41, 5.74) is 8.51. The summed E-state index contributed by atoms with van der Waals surface area (Å²) >= 11 is 0. The zero-order valence-electron chi connectivity index (χ0n) is 14.4. The van der Waals surface area contributed by atoms with E-state index < -0.39 is 0 Å². The number of aryl methyl sites for hydroxylation is 2. The highest BCUT2D eigenvalue weighted by atomic mass is 16.5. The first kappa shape index (κ1) is 18.0. The zero-order chi connectivity index (χ0) is 15.9. The number of nitrogens with two attached hydrogens (primary N) is 1. The fourth-order valence-corrected chi connectivity index (χ4v) is 2.51. The molecule has 0 radical (unpaired) electrons. The Labute approximate surface area is 130 Å². The van der Waals surface area contributed by atoms with Gasteiger partial charge in [0.05, 0.1) is 6.61 Å². The van der Waals surface area contributed by atoms with Crippen LogP contribution in [0.25, 0.3) is 0 Å². The van der Waals surface area contributed by atoms with Crippen molar-refractivity contribution in [2.75, 3.05) is 32.8 Å². The van der Waals surface area contributed by atoms with E-state index in [9.17, 15) is 0 Å². The van der Waals surface area contributed by atoms with Crippen LogP contribution in [0.1, 0.15) is 38.3 Å². The van der Waals surface area contributed by atoms with Gasteiger partial charge in [-0.15, -0.1) is 0 Å². The molecule has 0 saturated carbocycles. The highest BCUT2D eigenvalue weighted by Crippen LogP contribution is 2.17. The number of rotatable bonds is 9. The van der Waals surface area contributed by atoms with E-state index in [1.165, 1.54) is 11.1 Å². The van der Waals surface area contributed by atoms with E-state index in [1.54, 1.807) is 0 Å². The van der Waals surface area contributed by atoms with Crippen molar-refractivity contribution in [1.29, 1.82) is 0 Å². The van der Waals surface area contributed by atoms with Gasteiger partial charge in [0.15, 0.2) is 0 Å². The maximum Gasteiger partial charge on any atom is 0.119 e. The van der Waals surface area contributed by atoms with Gasteiger partial charge in [0.25, 0.3) is 0 Å². The maximum absolute atomic E-state index is 5.87. The first-order valence-electron chi connectivity index (χ1n) is 8.00. The molecule has 0 unspecified atom stereocenters. The number of benzene rings is 1. The Morgan fingerprint density at radius 3 is 2.29 bits per heavy atom. The molecule has 1 aromatic rings. The summed E-state index contributed by atoms with van der Waals surface area (Å²) in [5, 5.41) is 0. The average Bonchev–Trinajstić information content (AvgIpc) is 2.41. The molecule has 0 atom stereocenters. The monoisotopic (exact) mass is 292 g/mol. The SMILES string of the molecule is CCN(CCCOc1cc(C)cc(C)c1)CC(C)(C)CN. The van der Waals surface area contributed by atoms with Crippen LogP contribution in [0.5, 0.6) is 5.75 Å². The van der Waals surface area contributed by atoms with Crippen molar-refractivity contribution in [2.24, 2.45) is 11.1 Å². The fraction of sp³-hybridized carbons (Fsp3) is 0.667. The van der Waals surface area contributed by atoms with Crippen molar-refractivity contribution < 1.29 is 4.74 Å². The number of hydrogen-bond acceptors (Lipinski definition) is 3. The van der Waals surface area contributed by atoms with Gasteiger partial charge in [0.2, 0.25) is 0 Å². The highest BCUT2D eigenvalue weighted by molar-refractivity contribution is 5.32. The third-order valence-corrected chi connectivity index (χ3v) is 3.73. The van der Waals surface area contributed by atoms with Crippen LogP contribution in [0.2, 0.25) is 0 Å². The summed E-state index contributed by atoms with van der Waals surface area (Å²) in [6.45, 7) is 15.5. The molecule has 0 aliphatic heterocycles. The molecule has 3 nitrogen and oxygen atoms in total. The van der Waals surface area contributed by atoms with E-state index in [1.807, 2.05) is 0 Å². The molecule has 3 heteroatoms. The zero-order valence-corrected chi connectivity index (χ0v) is 14.4. The summed E-state index contributed by atoms with van der Waals surface area (Å²) in [7, 11) is 0. The van der Waals surface area contributed by atoms with Crippen LogP contribution in [0.3, 0.4) is 0 Å². The van der Waals surface area contributed by atoms with Crippen molar-refractivity contribution in [2.45, 2.75) is 41.0 Å². The first-order chi connectivity index (χ1) is 9.86. The van der Waals surface area contributed by atoms with Crippen LogP contribution in [0.15, 0.2) is 18.2 Å². The largest absolute Gasteiger partial charge is 0.494 e. The van der Waals surface area contributed by atoms with Crippen LogP contribution in [-0.2, 0) is 0 Å². The average molecular weight is 292 g/mol. The van der Waals surface area contributed by atoms with Gasteiger partial charge in [0, 0.05) is 13.1 Å². The molecule has 1 aromatic carbocycles. The molecule has 2 N–H and O–H groups in total. The molecule has 0 aliphatic carbocycles. The Morgan fingerprint density at radius 1 is 1.14 bits per heavy atom. The van der Waals surface area contributed by atoms with E-state index in [0.717, 1.165) is 45.0 Å². The minimum atomic E-state index is 0.185. The molecular weight excluding hydrogens is 260 g/mol. The summed E-state index contributed by atoms with van der Waals surface area (Å²) in [4.78, 5) is 2.46. The lowest BCUT2D eigenvalue weighted by Crippen LogP contribution is -2.39. The highest BCUT2D eigenvalue weighted by Gasteiger charge is 2.18. The molecule has 0 spiro atoms. The van der Waals surface area contributed by atoms with Crippen molar-refractivity contribution in [3.63, 3.8) is 0 Å². The number of nitrogens with zero attached hydrogens (tertiary/aromatic N) is 1. The fourth-order valence-electron chi connectivity index (χ4n) is 2.51. The third kappa shape index (κ3) is 6.96. The van der Waals surface area contributed by atoms with Crippen LogP contribution in [0.4, 0.5) is 0 Å². The smallest absolute Gasteiger partial charge is 0.119 e. The molecular formula is C18H32N2O. The van der Waals surface area contributed by atoms with Gasteiger partial charge in [-0.1, -0.05) is 26.8 Å². The van der Waals surface area contributed by atoms with Crippen molar-refractivity contribution in [3.05, 3.63) is 29.3 Å². The van der Waals surface area contributed by atoms with Crippen molar-refractivity contribution in [1.82, 2.24) is 4.90 Å². The quantitative estimate of drug-likeness (QED) is 0.709. The summed E-state index contributed by atoms with van der Waals surface area (Å²) in [6, 6.07) is 6.37. The van der Waals surface area contributed by atoms with Gasteiger partial charge in [0.1, 0.15) is 5.75 Å². The second kappa shape index (κ2) is 8.40. The Balaban J connectivity index is 2.35. The lowest BCUT2D eigenvalue weighted by molar-refractivity contribution is 0.176. The third-order valence-electron chi connectivity index (χ3n) is 3.73. The van der Waals surface area contributed by atoms with Gasteiger partial charge in [-0.2, -0.15) is 0 Å². The molecule has 0 aromatic heterocycles. The molecule has 0 bridgehead atoms. The van der Waals surface area contributed by atoms with E-state index in [0.29, 0.717) is 0 Å². The van der Waals surface area contributed by atoms with Gasteiger partial charge >= 0.3 is 0 Å². The second-order valence-electron chi connectivity index (χ2n) is 6.76. The van der Waals surface area contributed by atoms with E-state index in [2.05, 4.69) is 57.7 Å². The van der Waals surface area contributed by atoms with Gasteiger partial charge in [-0.05, 0) is 62.0 Å². The van der Waals surface area contributed by atoms with Crippen molar-refractivity contribution in [3.8, 4) is 5.75 Å². The predicted molar refractivity (Wildman–Crippen MR) is 91.0 cm³/mol. The van der Waals surface area contributed by atoms with E-state index in [4.69, 9.17) is 10.5 Å². The van der Waals surface area contributed by atoms with Gasteiger partial charge < -0.3 is 15.4 Å². The summed E-state index contributed by atoms with van der Waals surface area (Å²) in [6.07, 6.45) is 1.04. The van der Waals surface area contributed by atoms with Crippen LogP contribution < -0.4 is 10.5 Å². The maximum atomic E-state index is 5.87. The minimum absolute atomic E-state index is 0.185. The Morgan fingerprint density at radius 2 is 1.76 bits per heavy atom. The van der Waals surface area contributed by atoms with Crippen LogP contribution >= 0.6 is 0 Å². The molecule has 0 amide bonds. The Hall–Kier alpha value is -1.06. The molecule has 120 valence electrons. The number of hydrogen-bond donors (Lipinski definition) is 1. The summed E-state index contributed by atoms with van der Waals surface area (Å²) < 4.78 is 5.87. The second-order valence-corrected chi connectivity index (χ2v) is 6.76. The lowest BCUT2D eigenvalue weighted by atomic mass is 9.93. The van der Waals surface area contributed by atoms with E-state index in [-0.39, 0.29) is 5.41 Å². The Kier molecular flexibility index (Phi) is 7.20. The normalized spacial score (nSPS) is 12.0. The van der Waals surface area contributed by atoms with Crippen molar-refractivity contribution >= 4 is 0 Å². The molecule has 0 aliphatic rings. The van der Waals surface area contributed by atoms with Crippen LogP contribution in [0, 0.1) is 19.3 Å². The Bertz CT molecular complexity index is 409.